The van der Waals surface area contributed by atoms with E-state index in [9.17, 15) is 8.78 Å². The van der Waals surface area contributed by atoms with Crippen molar-refractivity contribution < 1.29 is 18.1 Å². The minimum atomic E-state index is -2.68. The maximum atomic E-state index is 13.4. The summed E-state index contributed by atoms with van der Waals surface area (Å²) in [5.74, 6) is -2.14. The van der Waals surface area contributed by atoms with Crippen LogP contribution in [0.2, 0.25) is 0 Å². The first kappa shape index (κ1) is 20.9. The predicted octanol–water partition coefficient (Wildman–Crippen LogP) is 3.29. The second-order valence-corrected chi connectivity index (χ2v) is 7.98. The van der Waals surface area contributed by atoms with Crippen LogP contribution in [0, 0.1) is 0 Å². The lowest BCUT2D eigenvalue weighted by atomic mass is 9.79. The molecule has 10 heteroatoms. The molecular weight excluding hydrogens is 391 g/mol. The van der Waals surface area contributed by atoms with Crippen LogP contribution in [0.1, 0.15) is 46.0 Å². The number of nitrogens with zero attached hydrogens (tertiary/aromatic N) is 1. The van der Waals surface area contributed by atoms with Crippen molar-refractivity contribution in [1.29, 1.82) is 0 Å². The molecule has 2 saturated heterocycles. The van der Waals surface area contributed by atoms with Crippen LogP contribution < -0.4 is 10.8 Å². The molecular formula is C17H24BF2N3O2S2. The van der Waals surface area contributed by atoms with E-state index in [4.69, 9.17) is 9.31 Å². The molecule has 2 N–H and O–H groups in total. The highest BCUT2D eigenvalue weighted by Crippen LogP contribution is 2.37. The second-order valence-electron chi connectivity index (χ2n) is 7.98. The Bertz CT molecular complexity index is 816. The fourth-order valence-corrected chi connectivity index (χ4v) is 3.25. The van der Waals surface area contributed by atoms with Gasteiger partial charge in [0.15, 0.2) is 0 Å². The van der Waals surface area contributed by atoms with Crippen molar-refractivity contribution in [2.45, 2.75) is 57.3 Å². The van der Waals surface area contributed by atoms with Crippen molar-refractivity contribution in [3.05, 3.63) is 24.0 Å². The predicted molar refractivity (Wildman–Crippen MR) is 110 cm³/mol. The second kappa shape index (κ2) is 7.22. The van der Waals surface area contributed by atoms with Gasteiger partial charge >= 0.3 is 7.12 Å². The largest absolute Gasteiger partial charge is 0.494 e. The molecule has 1 unspecified atom stereocenters. The molecule has 27 heavy (non-hydrogen) atoms. The summed E-state index contributed by atoms with van der Waals surface area (Å²) in [6.07, 6.45) is -0.239. The van der Waals surface area contributed by atoms with Crippen molar-refractivity contribution in [3.8, 4) is 0 Å². The Hall–Kier alpha value is -0.805. The summed E-state index contributed by atoms with van der Waals surface area (Å²) in [5, 5.41) is 2.82. The Balaban J connectivity index is 0.00000102. The molecule has 148 valence electrons. The van der Waals surface area contributed by atoms with E-state index >= 15 is 0 Å². The molecule has 2 aliphatic rings. The van der Waals surface area contributed by atoms with E-state index in [0.717, 1.165) is 16.5 Å². The Morgan fingerprint density at radius 1 is 1.15 bits per heavy atom. The number of rotatable bonds is 2. The topological polar surface area (TPSA) is 59.2 Å². The zero-order chi connectivity index (χ0) is 20.0. The van der Waals surface area contributed by atoms with E-state index < -0.39 is 30.3 Å². The number of hydrogen-bond donors (Lipinski definition) is 4. The van der Waals surface area contributed by atoms with E-state index in [0.29, 0.717) is 5.82 Å². The molecule has 2 fully saturated rings. The molecule has 2 aliphatic heterocycles. The number of fused-ring (bicyclic) bond motifs is 1. The molecule has 1 aromatic carbocycles. The first-order valence-electron chi connectivity index (χ1n) is 8.73. The Morgan fingerprint density at radius 3 is 2.33 bits per heavy atom. The third-order valence-corrected chi connectivity index (χ3v) is 5.49. The minimum Gasteiger partial charge on any atom is -0.399 e. The van der Waals surface area contributed by atoms with E-state index in [1.807, 2.05) is 45.9 Å². The molecule has 1 atom stereocenters. The highest BCUT2D eigenvalue weighted by Gasteiger charge is 2.51. The molecule has 0 spiro atoms. The maximum Gasteiger partial charge on any atom is 0.494 e. The number of imidazole rings is 1. The van der Waals surface area contributed by atoms with Crippen molar-refractivity contribution >= 4 is 46.9 Å². The maximum absolute atomic E-state index is 13.4. The monoisotopic (exact) mass is 415 g/mol. The van der Waals surface area contributed by atoms with Crippen LogP contribution in [0.4, 0.5) is 8.78 Å². The van der Waals surface area contributed by atoms with E-state index in [2.05, 4.69) is 38.6 Å². The van der Waals surface area contributed by atoms with E-state index in [1.165, 1.54) is 0 Å². The number of aromatic amines is 1. The summed E-state index contributed by atoms with van der Waals surface area (Å²) in [6.45, 7) is 7.71. The Labute approximate surface area is 168 Å². The highest BCUT2D eigenvalue weighted by atomic mass is 33.1. The summed E-state index contributed by atoms with van der Waals surface area (Å²) in [5.41, 5.74) is 1.59. The molecule has 4 rings (SSSR count). The number of aromatic nitrogens is 2. The average molecular weight is 415 g/mol. The SMILES string of the molecule is CC1(C)OB(c2ccc3nc(C4CC(F)(F)CN4)[nH]c3c2)OC1(C)C.SS. The van der Waals surface area contributed by atoms with Gasteiger partial charge in [-0.3, -0.25) is 0 Å². The van der Waals surface area contributed by atoms with Gasteiger partial charge in [0.1, 0.15) is 5.82 Å². The fourth-order valence-electron chi connectivity index (χ4n) is 3.25. The molecule has 1 aromatic heterocycles. The van der Waals surface area contributed by atoms with Gasteiger partial charge in [-0.25, -0.2) is 13.8 Å². The first-order chi connectivity index (χ1) is 12.6. The van der Waals surface area contributed by atoms with Gasteiger partial charge in [0.25, 0.3) is 5.92 Å². The van der Waals surface area contributed by atoms with E-state index in [1.54, 1.807) is 0 Å². The van der Waals surface area contributed by atoms with Gasteiger partial charge in [-0.05, 0) is 45.3 Å². The summed E-state index contributed by atoms with van der Waals surface area (Å²) in [4.78, 5) is 7.61. The van der Waals surface area contributed by atoms with Crippen LogP contribution in [0.3, 0.4) is 0 Å². The number of alkyl halides is 2. The summed E-state index contributed by atoms with van der Waals surface area (Å²) >= 11 is 6.44. The number of halogens is 2. The van der Waals surface area contributed by atoms with Crippen molar-refractivity contribution in [3.63, 3.8) is 0 Å². The van der Waals surface area contributed by atoms with Crippen LogP contribution in [0.25, 0.3) is 11.0 Å². The van der Waals surface area contributed by atoms with Gasteiger partial charge in [-0.1, -0.05) is 6.07 Å². The molecule has 0 bridgehead atoms. The quantitative estimate of drug-likeness (QED) is 0.346. The zero-order valence-electron chi connectivity index (χ0n) is 15.7. The van der Waals surface area contributed by atoms with Crippen LogP contribution in [-0.2, 0) is 9.31 Å². The number of nitrogens with one attached hydrogen (secondary N) is 2. The van der Waals surface area contributed by atoms with Gasteiger partial charge in [0.2, 0.25) is 0 Å². The van der Waals surface area contributed by atoms with Crippen LogP contribution in [0.5, 0.6) is 0 Å². The lowest BCUT2D eigenvalue weighted by molar-refractivity contribution is 0.00578. The standard InChI is InChI=1S/C17H22BF2N3O2.H2S2/c1-15(2)16(3,4)25-18(24-15)10-5-6-11-12(7-10)23-14(22-11)13-8-17(19,20)9-21-13;1-2/h5-7,13,21H,8-9H2,1-4H3,(H,22,23);1-2H. The van der Waals surface area contributed by atoms with Gasteiger partial charge in [-0.15, -0.1) is 23.3 Å². The van der Waals surface area contributed by atoms with Gasteiger partial charge in [-0.2, -0.15) is 0 Å². The van der Waals surface area contributed by atoms with Gasteiger partial charge < -0.3 is 19.6 Å². The van der Waals surface area contributed by atoms with Crippen molar-refractivity contribution in [2.24, 2.45) is 0 Å². The summed E-state index contributed by atoms with van der Waals surface area (Å²) in [7, 11) is -0.463. The van der Waals surface area contributed by atoms with E-state index in [-0.39, 0.29) is 13.0 Å². The van der Waals surface area contributed by atoms with Crippen LogP contribution in [0.15, 0.2) is 18.2 Å². The molecule has 0 amide bonds. The lowest BCUT2D eigenvalue weighted by Crippen LogP contribution is -2.41. The normalized spacial score (nSPS) is 25.5. The van der Waals surface area contributed by atoms with Gasteiger partial charge in [0.05, 0.1) is 34.8 Å². The first-order valence-corrected chi connectivity index (χ1v) is 10.3. The summed E-state index contributed by atoms with van der Waals surface area (Å²) in [6, 6.07) is 5.23. The Kier molecular flexibility index (Phi) is 5.59. The lowest BCUT2D eigenvalue weighted by Gasteiger charge is -2.32. The fraction of sp³-hybridized carbons (Fsp3) is 0.588. The van der Waals surface area contributed by atoms with Crippen LogP contribution >= 0.6 is 23.3 Å². The van der Waals surface area contributed by atoms with Crippen LogP contribution in [-0.4, -0.2) is 40.8 Å². The molecule has 2 aromatic rings. The number of H-pyrrole nitrogens is 1. The van der Waals surface area contributed by atoms with Gasteiger partial charge in [0, 0.05) is 6.42 Å². The number of thiol groups is 2. The summed E-state index contributed by atoms with van der Waals surface area (Å²) < 4.78 is 39.0. The average Bonchev–Trinajstić information content (AvgIpc) is 3.22. The number of benzene rings is 1. The zero-order valence-corrected chi connectivity index (χ0v) is 17.5. The third kappa shape index (κ3) is 4.00. The minimum absolute atomic E-state index is 0.239. The molecule has 0 aliphatic carbocycles. The molecule has 0 radical (unpaired) electrons. The van der Waals surface area contributed by atoms with Crippen molar-refractivity contribution in [1.82, 2.24) is 15.3 Å². The molecule has 5 nitrogen and oxygen atoms in total. The highest BCUT2D eigenvalue weighted by molar-refractivity contribution is 8.59. The molecule has 0 saturated carbocycles. The van der Waals surface area contributed by atoms with Crippen molar-refractivity contribution in [2.75, 3.05) is 6.54 Å². The smallest absolute Gasteiger partial charge is 0.399 e. The Morgan fingerprint density at radius 2 is 1.78 bits per heavy atom. The number of hydrogen-bond acceptors (Lipinski definition) is 6. The third-order valence-electron chi connectivity index (χ3n) is 5.49. The molecule has 3 heterocycles.